The van der Waals surface area contributed by atoms with Gasteiger partial charge in [-0.1, -0.05) is 26.0 Å². The van der Waals surface area contributed by atoms with Gasteiger partial charge in [-0.3, -0.25) is 4.79 Å². The molecule has 6 aliphatic rings. The number of ether oxygens (including phenoxy) is 3. The second-order valence-corrected chi connectivity index (χ2v) is 11.3. The zero-order valence-electron chi connectivity index (χ0n) is 21.0. The molecule has 1 spiro atoms. The molecule has 5 heterocycles. The summed E-state index contributed by atoms with van der Waals surface area (Å²) in [5, 5.41) is 0. The lowest BCUT2D eigenvalue weighted by Gasteiger charge is -2.66. The highest BCUT2D eigenvalue weighted by Crippen LogP contribution is 2.62. The molecule has 7 heteroatoms. The average molecular weight is 484 g/mol. The van der Waals surface area contributed by atoms with Crippen molar-refractivity contribution in [2.75, 3.05) is 13.1 Å². The summed E-state index contributed by atoms with van der Waals surface area (Å²) in [6.45, 7) is 8.15. The predicted octanol–water partition coefficient (Wildman–Crippen LogP) is 4.91. The lowest BCUT2D eigenvalue weighted by molar-refractivity contribution is -0.614. The van der Waals surface area contributed by atoms with Crippen LogP contribution in [0.2, 0.25) is 0 Å². The van der Waals surface area contributed by atoms with Crippen LogP contribution in [0.5, 0.6) is 5.75 Å². The van der Waals surface area contributed by atoms with Crippen molar-refractivity contribution < 1.29 is 28.8 Å². The first kappa shape index (κ1) is 23.5. The van der Waals surface area contributed by atoms with Crippen LogP contribution in [-0.2, 0) is 24.0 Å². The number of likely N-dealkylation sites (tertiary alicyclic amines) is 1. The Morgan fingerprint density at radius 2 is 1.83 bits per heavy atom. The van der Waals surface area contributed by atoms with Crippen molar-refractivity contribution in [2.24, 2.45) is 23.7 Å². The Labute approximate surface area is 207 Å². The van der Waals surface area contributed by atoms with Crippen LogP contribution in [0.1, 0.15) is 64.9 Å². The summed E-state index contributed by atoms with van der Waals surface area (Å²) in [5.41, 5.74) is 0.402. The minimum atomic E-state index is -0.780. The molecule has 1 amide bonds. The van der Waals surface area contributed by atoms with E-state index in [1.165, 1.54) is 6.42 Å². The molecular formula is C28H37NO6. The van der Waals surface area contributed by atoms with E-state index in [-0.39, 0.29) is 17.7 Å². The molecule has 7 rings (SSSR count). The Kier molecular flexibility index (Phi) is 5.95. The highest BCUT2D eigenvalue weighted by Gasteiger charge is 2.72. The van der Waals surface area contributed by atoms with Crippen LogP contribution in [0.4, 0.5) is 0 Å². The second kappa shape index (κ2) is 8.87. The number of rotatable bonds is 4. The van der Waals surface area contributed by atoms with Crippen LogP contribution in [0.25, 0.3) is 6.08 Å². The molecule has 0 radical (unpaired) electrons. The number of carbonyl (C=O) groups excluding carboxylic acids is 1. The van der Waals surface area contributed by atoms with Crippen LogP contribution in [0.3, 0.4) is 0 Å². The first-order valence-corrected chi connectivity index (χ1v) is 13.3. The lowest BCUT2D eigenvalue weighted by atomic mass is 9.56. The minimum absolute atomic E-state index is 0.0881. The van der Waals surface area contributed by atoms with Gasteiger partial charge in [0, 0.05) is 43.3 Å². The molecule has 190 valence electrons. The average Bonchev–Trinajstić information content (AvgIpc) is 2.87. The zero-order valence-corrected chi connectivity index (χ0v) is 21.0. The fourth-order valence-corrected chi connectivity index (χ4v) is 7.00. The summed E-state index contributed by atoms with van der Waals surface area (Å²) in [4.78, 5) is 26.2. The van der Waals surface area contributed by atoms with Crippen molar-refractivity contribution in [2.45, 2.75) is 83.3 Å². The monoisotopic (exact) mass is 483 g/mol. The Morgan fingerprint density at radius 3 is 2.60 bits per heavy atom. The van der Waals surface area contributed by atoms with E-state index in [9.17, 15) is 4.79 Å². The molecule has 35 heavy (non-hydrogen) atoms. The van der Waals surface area contributed by atoms with Crippen molar-refractivity contribution in [1.29, 1.82) is 0 Å². The van der Waals surface area contributed by atoms with Gasteiger partial charge >= 0.3 is 0 Å². The summed E-state index contributed by atoms with van der Waals surface area (Å²) in [6, 6.07) is 7.82. The van der Waals surface area contributed by atoms with Gasteiger partial charge < -0.3 is 19.1 Å². The van der Waals surface area contributed by atoms with Gasteiger partial charge in [0.25, 0.3) is 0 Å². The van der Waals surface area contributed by atoms with E-state index >= 15 is 0 Å². The van der Waals surface area contributed by atoms with E-state index in [0.717, 1.165) is 56.5 Å². The smallest absolute Gasteiger partial charge is 0.246 e. The molecule has 8 atom stereocenters. The molecule has 2 bridgehead atoms. The lowest BCUT2D eigenvalue weighted by Crippen LogP contribution is -2.76. The topological polar surface area (TPSA) is 66.5 Å². The molecule has 5 aliphatic heterocycles. The number of hydrogen-bond donors (Lipinski definition) is 0. The van der Waals surface area contributed by atoms with E-state index in [1.807, 2.05) is 42.2 Å². The van der Waals surface area contributed by atoms with Gasteiger partial charge in [0.1, 0.15) is 5.75 Å². The highest BCUT2D eigenvalue weighted by atomic mass is 17.3. The standard InChI is InChI=1S/C28H37NO6/c1-18-7-13-22-19(2)25(32-26-28(22)23(18)17-27(3,33-26)34-35-28)31-21-11-8-20(9-12-21)10-14-24(30)29-15-5-4-6-16-29/h8-12,14,18-19,22-23,25-26H,4-7,13,15-17H2,1-3H3/b14-10+/t18-,19-,22?,23?,25+,26-,27+,28+/m1/s1. The van der Waals surface area contributed by atoms with E-state index < -0.39 is 24.0 Å². The maximum Gasteiger partial charge on any atom is 0.246 e. The number of benzene rings is 1. The first-order chi connectivity index (χ1) is 16.9. The fourth-order valence-electron chi connectivity index (χ4n) is 7.00. The number of piperidine rings is 1. The van der Waals surface area contributed by atoms with E-state index in [0.29, 0.717) is 11.8 Å². The first-order valence-electron chi connectivity index (χ1n) is 13.3. The van der Waals surface area contributed by atoms with Gasteiger partial charge in [0.15, 0.2) is 11.9 Å². The van der Waals surface area contributed by atoms with Crippen molar-refractivity contribution in [3.63, 3.8) is 0 Å². The summed E-state index contributed by atoms with van der Waals surface area (Å²) < 4.78 is 19.1. The SMILES string of the molecule is C[C@@H]1CCC2[C@@H](C)[C@@H](Oc3ccc(/C=C/C(=O)N4CCCCC4)cc3)O[C@@H]3O[C@]4(C)CC1[C@@]23OO4. The van der Waals surface area contributed by atoms with Crippen LogP contribution in [-0.4, -0.2) is 47.9 Å². The van der Waals surface area contributed by atoms with Crippen molar-refractivity contribution in [3.8, 4) is 5.75 Å². The quantitative estimate of drug-likeness (QED) is 0.448. The predicted molar refractivity (Wildman–Crippen MR) is 129 cm³/mol. The molecule has 1 aromatic rings. The molecular weight excluding hydrogens is 446 g/mol. The summed E-state index contributed by atoms with van der Waals surface area (Å²) in [6.07, 6.45) is 9.05. The summed E-state index contributed by atoms with van der Waals surface area (Å²) >= 11 is 0. The third kappa shape index (κ3) is 4.01. The summed E-state index contributed by atoms with van der Waals surface area (Å²) in [7, 11) is 0. The molecule has 1 saturated carbocycles. The Bertz CT molecular complexity index is 974. The molecule has 7 nitrogen and oxygen atoms in total. The second-order valence-electron chi connectivity index (χ2n) is 11.3. The third-order valence-corrected chi connectivity index (χ3v) is 9.00. The number of amides is 1. The number of fused-ring (bicyclic) bond motifs is 1. The minimum Gasteiger partial charge on any atom is -0.465 e. The van der Waals surface area contributed by atoms with Gasteiger partial charge in [-0.2, -0.15) is 0 Å². The van der Waals surface area contributed by atoms with Crippen molar-refractivity contribution in [1.82, 2.24) is 4.90 Å². The van der Waals surface area contributed by atoms with Crippen LogP contribution >= 0.6 is 0 Å². The van der Waals surface area contributed by atoms with E-state index in [4.69, 9.17) is 24.0 Å². The van der Waals surface area contributed by atoms with Gasteiger partial charge in [-0.05, 0) is 68.7 Å². The van der Waals surface area contributed by atoms with Gasteiger partial charge in [0.2, 0.25) is 18.0 Å². The molecule has 1 aromatic carbocycles. The Morgan fingerprint density at radius 1 is 1.06 bits per heavy atom. The Balaban J connectivity index is 1.14. The Hall–Kier alpha value is -1.93. The maximum absolute atomic E-state index is 12.4. The van der Waals surface area contributed by atoms with E-state index in [1.54, 1.807) is 6.08 Å². The largest absolute Gasteiger partial charge is 0.465 e. The molecule has 5 saturated heterocycles. The maximum atomic E-state index is 12.4. The van der Waals surface area contributed by atoms with Crippen molar-refractivity contribution >= 4 is 12.0 Å². The number of nitrogens with zero attached hydrogens (tertiary/aromatic N) is 1. The molecule has 0 aromatic heterocycles. The van der Waals surface area contributed by atoms with Gasteiger partial charge in [-0.15, -0.1) is 0 Å². The molecule has 0 N–H and O–H groups in total. The van der Waals surface area contributed by atoms with Gasteiger partial charge in [-0.25, -0.2) is 9.78 Å². The fraction of sp³-hybridized carbons (Fsp3) is 0.679. The summed E-state index contributed by atoms with van der Waals surface area (Å²) in [5.74, 6) is 1.29. The van der Waals surface area contributed by atoms with Crippen LogP contribution in [0.15, 0.2) is 30.3 Å². The zero-order chi connectivity index (χ0) is 24.2. The molecule has 6 fully saturated rings. The normalized spacial score (nSPS) is 42.7. The van der Waals surface area contributed by atoms with Crippen LogP contribution in [0, 0.1) is 23.7 Å². The van der Waals surface area contributed by atoms with Crippen LogP contribution < -0.4 is 4.74 Å². The third-order valence-electron chi connectivity index (χ3n) is 9.00. The molecule has 2 unspecified atom stereocenters. The van der Waals surface area contributed by atoms with Crippen molar-refractivity contribution in [3.05, 3.63) is 35.9 Å². The van der Waals surface area contributed by atoms with Gasteiger partial charge in [0.05, 0.1) is 0 Å². The van der Waals surface area contributed by atoms with E-state index in [2.05, 4.69) is 13.8 Å². The number of hydrogen-bond acceptors (Lipinski definition) is 6. The number of carbonyl (C=O) groups is 1. The highest BCUT2D eigenvalue weighted by molar-refractivity contribution is 5.91. The molecule has 1 aliphatic carbocycles.